The largest absolute Gasteiger partial charge is 0.398 e. The molecule has 1 heterocycles. The molecular formula is C40H72N2O2. The molecule has 0 unspecified atom stereocenters. The first-order chi connectivity index (χ1) is 21.5. The zero-order valence-corrected chi connectivity index (χ0v) is 29.6. The van der Waals surface area contributed by atoms with Gasteiger partial charge in [0, 0.05) is 36.5 Å². The Morgan fingerprint density at radius 2 is 0.864 bits per heavy atom. The van der Waals surface area contributed by atoms with Crippen molar-refractivity contribution in [2.45, 2.75) is 212 Å². The van der Waals surface area contributed by atoms with Gasteiger partial charge in [0.25, 0.3) is 0 Å². The lowest BCUT2D eigenvalue weighted by atomic mass is 9.68. The molecule has 44 heavy (non-hydrogen) atoms. The Morgan fingerprint density at radius 1 is 0.545 bits per heavy atom. The van der Waals surface area contributed by atoms with Gasteiger partial charge in [-0.05, 0) is 25.3 Å². The molecule has 4 nitrogen and oxygen atoms in total. The van der Waals surface area contributed by atoms with Crippen molar-refractivity contribution in [3.8, 4) is 0 Å². The predicted molar refractivity (Wildman–Crippen MR) is 191 cm³/mol. The molecule has 2 N–H and O–H groups in total. The van der Waals surface area contributed by atoms with Crippen molar-refractivity contribution in [1.82, 2.24) is 4.98 Å². The third kappa shape index (κ3) is 17.1. The number of Topliss-reactive ketones (excluding diaryl/α,β-unsaturated/α-hetero) is 2. The molecule has 1 aromatic rings. The van der Waals surface area contributed by atoms with Crippen LogP contribution in [0.25, 0.3) is 0 Å². The fourth-order valence-electron chi connectivity index (χ4n) is 6.84. The summed E-state index contributed by atoms with van der Waals surface area (Å²) in [6, 6.07) is 1.73. The lowest BCUT2D eigenvalue weighted by Crippen LogP contribution is -2.44. The first kappa shape index (κ1) is 40.3. The van der Waals surface area contributed by atoms with Crippen LogP contribution >= 0.6 is 0 Å². The second kappa shape index (κ2) is 27.6. The van der Waals surface area contributed by atoms with E-state index in [4.69, 9.17) is 5.73 Å². The summed E-state index contributed by atoms with van der Waals surface area (Å²) in [4.78, 5) is 31.9. The first-order valence-corrected chi connectivity index (χ1v) is 19.3. The van der Waals surface area contributed by atoms with Crippen LogP contribution in [-0.4, -0.2) is 16.6 Å². The molecule has 254 valence electrons. The number of hydrogen-bond donors (Lipinski definition) is 1. The number of rotatable bonds is 32. The Hall–Kier alpha value is -1.71. The van der Waals surface area contributed by atoms with Crippen LogP contribution in [0.5, 0.6) is 0 Å². The van der Waals surface area contributed by atoms with E-state index >= 15 is 0 Å². The van der Waals surface area contributed by atoms with Crippen LogP contribution in [0.3, 0.4) is 0 Å². The van der Waals surface area contributed by atoms with Gasteiger partial charge in [0.05, 0.1) is 0 Å². The summed E-state index contributed by atoms with van der Waals surface area (Å²) in [5, 5.41) is 0. The van der Waals surface area contributed by atoms with Gasteiger partial charge in [0.15, 0.2) is 11.6 Å². The third-order valence-electron chi connectivity index (χ3n) is 9.81. The van der Waals surface area contributed by atoms with Crippen molar-refractivity contribution in [3.05, 3.63) is 24.0 Å². The van der Waals surface area contributed by atoms with Crippen LogP contribution in [0, 0.1) is 0 Å². The van der Waals surface area contributed by atoms with Crippen LogP contribution in [0.2, 0.25) is 0 Å². The van der Waals surface area contributed by atoms with Gasteiger partial charge in [0.2, 0.25) is 0 Å². The quantitative estimate of drug-likeness (QED) is 0.0649. The average molecular weight is 613 g/mol. The fraction of sp³-hybridized carbons (Fsp3) is 0.825. The van der Waals surface area contributed by atoms with Crippen LogP contribution in [0.4, 0.5) is 5.69 Å². The normalized spacial score (nSPS) is 11.7. The number of unbranched alkanes of at least 4 members (excludes halogenated alkanes) is 24. The van der Waals surface area contributed by atoms with Crippen molar-refractivity contribution < 1.29 is 9.59 Å². The van der Waals surface area contributed by atoms with Gasteiger partial charge < -0.3 is 5.73 Å². The number of nitrogens with zero attached hydrogens (tertiary/aromatic N) is 1. The molecule has 0 radical (unpaired) electrons. The van der Waals surface area contributed by atoms with Crippen LogP contribution in [0.1, 0.15) is 213 Å². The maximum absolute atomic E-state index is 13.8. The van der Waals surface area contributed by atoms with Gasteiger partial charge in [-0.3, -0.25) is 14.6 Å². The summed E-state index contributed by atoms with van der Waals surface area (Å²) in [6.45, 7) is 6.51. The van der Waals surface area contributed by atoms with E-state index in [2.05, 4.69) is 18.8 Å². The van der Waals surface area contributed by atoms with Crippen LogP contribution in [0.15, 0.2) is 18.5 Å². The van der Waals surface area contributed by atoms with Crippen molar-refractivity contribution in [3.63, 3.8) is 0 Å². The molecule has 0 amide bonds. The van der Waals surface area contributed by atoms with Gasteiger partial charge in [-0.2, -0.15) is 0 Å². The zero-order chi connectivity index (χ0) is 32.1. The van der Waals surface area contributed by atoms with E-state index in [1.165, 1.54) is 141 Å². The number of carbonyl (C=O) groups excluding carboxylic acids is 2. The van der Waals surface area contributed by atoms with E-state index in [1.54, 1.807) is 18.5 Å². The smallest absolute Gasteiger partial charge is 0.150 e. The van der Waals surface area contributed by atoms with Gasteiger partial charge in [-0.1, -0.05) is 175 Å². The molecule has 0 saturated heterocycles. The molecule has 0 aromatic carbocycles. The minimum Gasteiger partial charge on any atom is -0.398 e. The SMILES string of the molecule is CCCCCCCCCCCCCCCC(=O)C(CC)(C(=O)CCCCCCCCCCCCCCC)c1cnccc1N. The summed E-state index contributed by atoms with van der Waals surface area (Å²) in [7, 11) is 0. The second-order valence-corrected chi connectivity index (χ2v) is 13.6. The fourth-order valence-corrected chi connectivity index (χ4v) is 6.84. The van der Waals surface area contributed by atoms with Crippen molar-refractivity contribution in [2.75, 3.05) is 5.73 Å². The Kier molecular flexibility index (Phi) is 25.3. The minimum atomic E-state index is -1.15. The van der Waals surface area contributed by atoms with Gasteiger partial charge in [-0.15, -0.1) is 0 Å². The third-order valence-corrected chi connectivity index (χ3v) is 9.81. The number of carbonyl (C=O) groups is 2. The summed E-state index contributed by atoms with van der Waals surface area (Å²) in [5.74, 6) is 0.0879. The summed E-state index contributed by atoms with van der Waals surface area (Å²) in [5.41, 5.74) is 6.36. The Balaban J connectivity index is 2.40. The van der Waals surface area contributed by atoms with E-state index in [9.17, 15) is 9.59 Å². The molecule has 1 rings (SSSR count). The molecule has 1 aromatic heterocycles. The Labute approximate surface area is 273 Å². The van der Waals surface area contributed by atoms with E-state index in [0.717, 1.165) is 25.7 Å². The highest BCUT2D eigenvalue weighted by atomic mass is 16.2. The molecule has 0 aliphatic heterocycles. The molecule has 4 heteroatoms. The van der Waals surface area contributed by atoms with Gasteiger partial charge in [0.1, 0.15) is 5.41 Å². The molecule has 0 atom stereocenters. The van der Waals surface area contributed by atoms with Crippen molar-refractivity contribution >= 4 is 17.3 Å². The Bertz CT molecular complexity index is 794. The lowest BCUT2D eigenvalue weighted by molar-refractivity contribution is -0.135. The number of aromatic nitrogens is 1. The molecule has 0 spiro atoms. The number of hydrogen-bond acceptors (Lipinski definition) is 4. The zero-order valence-electron chi connectivity index (χ0n) is 29.6. The van der Waals surface area contributed by atoms with E-state index in [1.807, 2.05) is 6.92 Å². The van der Waals surface area contributed by atoms with Crippen molar-refractivity contribution in [2.24, 2.45) is 0 Å². The van der Waals surface area contributed by atoms with E-state index in [-0.39, 0.29) is 11.6 Å². The highest BCUT2D eigenvalue weighted by Gasteiger charge is 2.45. The predicted octanol–water partition coefficient (Wildman–Crippen LogP) is 12.4. The lowest BCUT2D eigenvalue weighted by Gasteiger charge is -2.31. The highest BCUT2D eigenvalue weighted by molar-refractivity contribution is 6.13. The van der Waals surface area contributed by atoms with E-state index < -0.39 is 5.41 Å². The Morgan fingerprint density at radius 3 is 1.16 bits per heavy atom. The standard InChI is InChI=1S/C40H72N2O2/c1-4-7-9-11-13-15-17-19-21-23-25-27-29-31-38(43)40(6-3,36-35-42-34-33-37(36)41)39(44)32-30-28-26-24-22-20-18-16-14-12-10-8-5-2/h33-35H,4-32H2,1-3H3,(H2,41,42). The maximum atomic E-state index is 13.8. The van der Waals surface area contributed by atoms with Gasteiger partial charge in [-0.25, -0.2) is 0 Å². The number of anilines is 1. The topological polar surface area (TPSA) is 73.0 Å². The second-order valence-electron chi connectivity index (χ2n) is 13.6. The molecule has 0 saturated carbocycles. The molecule has 0 aliphatic rings. The summed E-state index contributed by atoms with van der Waals surface area (Å²) < 4.78 is 0. The molecule has 0 fully saturated rings. The monoisotopic (exact) mass is 613 g/mol. The van der Waals surface area contributed by atoms with Crippen molar-refractivity contribution in [1.29, 1.82) is 0 Å². The van der Waals surface area contributed by atoms with Gasteiger partial charge >= 0.3 is 0 Å². The minimum absolute atomic E-state index is 0.0440. The number of ketones is 2. The van der Waals surface area contributed by atoms with Crippen LogP contribution < -0.4 is 5.73 Å². The van der Waals surface area contributed by atoms with E-state index in [0.29, 0.717) is 30.5 Å². The average Bonchev–Trinajstić information content (AvgIpc) is 3.03. The molecule has 0 bridgehead atoms. The van der Waals surface area contributed by atoms with Crippen LogP contribution in [-0.2, 0) is 15.0 Å². The summed E-state index contributed by atoms with van der Waals surface area (Å²) >= 11 is 0. The molecule has 0 aliphatic carbocycles. The highest BCUT2D eigenvalue weighted by Crippen LogP contribution is 2.37. The maximum Gasteiger partial charge on any atom is 0.150 e. The summed E-state index contributed by atoms with van der Waals surface area (Å²) in [6.07, 6.45) is 37.8. The number of nitrogens with two attached hydrogens (primary N) is 1. The number of pyridine rings is 1. The first-order valence-electron chi connectivity index (χ1n) is 19.3. The molecular weight excluding hydrogens is 540 g/mol. The number of nitrogen functional groups attached to an aromatic ring is 1.